The Morgan fingerprint density at radius 2 is 2.00 bits per heavy atom. The van der Waals surface area contributed by atoms with E-state index in [1.54, 1.807) is 0 Å². The standard InChI is InChI=1S/C23H30F3N5O2/c1-14(2)7-20-29-18(15-8-19(21(27)28-11-15)33-23(24,25)26)13-31(20)22-9-16(10-22)17(22)12-30-3-5-32-6-4-30/h8,11,13-14,16-17H,3-7,9-10,12H2,1-2H3,(H2,27,28). The Balaban J connectivity index is 1.45. The minimum atomic E-state index is -4.84. The van der Waals surface area contributed by atoms with Crippen molar-refractivity contribution in [1.82, 2.24) is 19.4 Å². The van der Waals surface area contributed by atoms with E-state index in [-0.39, 0.29) is 11.4 Å². The molecule has 3 saturated carbocycles. The maximum Gasteiger partial charge on any atom is 0.573 e. The molecule has 1 unspecified atom stereocenters. The van der Waals surface area contributed by atoms with E-state index in [0.29, 0.717) is 23.1 Å². The predicted molar refractivity (Wildman–Crippen MR) is 117 cm³/mol. The van der Waals surface area contributed by atoms with Gasteiger partial charge in [-0.2, -0.15) is 0 Å². The maximum atomic E-state index is 12.8. The monoisotopic (exact) mass is 465 g/mol. The van der Waals surface area contributed by atoms with Crippen molar-refractivity contribution in [2.75, 3.05) is 38.6 Å². The Labute approximate surface area is 191 Å². The van der Waals surface area contributed by atoms with Crippen LogP contribution < -0.4 is 10.5 Å². The summed E-state index contributed by atoms with van der Waals surface area (Å²) >= 11 is 0. The molecule has 3 heterocycles. The number of alkyl halides is 3. The van der Waals surface area contributed by atoms with Gasteiger partial charge in [-0.05, 0) is 36.7 Å². The lowest BCUT2D eigenvalue weighted by molar-refractivity contribution is -0.274. The molecule has 0 spiro atoms. The van der Waals surface area contributed by atoms with Gasteiger partial charge < -0.3 is 19.8 Å². The normalized spacial score (nSPS) is 27.3. The Bertz CT molecular complexity index is 1010. The molecule has 2 aromatic rings. The van der Waals surface area contributed by atoms with E-state index >= 15 is 0 Å². The van der Waals surface area contributed by atoms with Crippen LogP contribution in [0.3, 0.4) is 0 Å². The third kappa shape index (κ3) is 4.19. The van der Waals surface area contributed by atoms with Crippen LogP contribution in [0.25, 0.3) is 11.3 Å². The highest BCUT2D eigenvalue weighted by Crippen LogP contribution is 2.67. The average molecular weight is 466 g/mol. The van der Waals surface area contributed by atoms with Crippen LogP contribution >= 0.6 is 0 Å². The molecule has 6 rings (SSSR count). The zero-order valence-electron chi connectivity index (χ0n) is 18.9. The Morgan fingerprint density at radius 3 is 2.61 bits per heavy atom. The Hall–Kier alpha value is -2.33. The largest absolute Gasteiger partial charge is 0.573 e. The zero-order valence-corrected chi connectivity index (χ0v) is 18.9. The molecule has 0 radical (unpaired) electrons. The summed E-state index contributed by atoms with van der Waals surface area (Å²) < 4.78 is 50.2. The fraction of sp³-hybridized carbons (Fsp3) is 0.652. The van der Waals surface area contributed by atoms with Crippen molar-refractivity contribution in [2.45, 2.75) is 45.0 Å². The third-order valence-corrected chi connectivity index (χ3v) is 7.30. The van der Waals surface area contributed by atoms with Crippen LogP contribution in [0.2, 0.25) is 0 Å². The maximum absolute atomic E-state index is 12.8. The van der Waals surface area contributed by atoms with Gasteiger partial charge in [-0.15, -0.1) is 13.2 Å². The Morgan fingerprint density at radius 1 is 1.27 bits per heavy atom. The second-order valence-electron chi connectivity index (χ2n) is 9.96. The van der Waals surface area contributed by atoms with Crippen molar-refractivity contribution in [3.63, 3.8) is 0 Å². The van der Waals surface area contributed by atoms with Crippen LogP contribution in [0.15, 0.2) is 18.5 Å². The highest BCUT2D eigenvalue weighted by Gasteiger charge is 2.66. The molecule has 33 heavy (non-hydrogen) atoms. The van der Waals surface area contributed by atoms with Gasteiger partial charge in [0.15, 0.2) is 11.6 Å². The zero-order chi connectivity index (χ0) is 23.4. The molecule has 2 N–H and O–H groups in total. The lowest BCUT2D eigenvalue weighted by atomic mass is 9.42. The van der Waals surface area contributed by atoms with E-state index in [9.17, 15) is 13.2 Å². The number of rotatable bonds is 7. The second-order valence-corrected chi connectivity index (χ2v) is 9.96. The van der Waals surface area contributed by atoms with Gasteiger partial charge in [-0.25, -0.2) is 9.97 Å². The smallest absolute Gasteiger partial charge is 0.402 e. The van der Waals surface area contributed by atoms with Crippen LogP contribution in [-0.4, -0.2) is 58.6 Å². The van der Waals surface area contributed by atoms with E-state index in [2.05, 4.69) is 33.0 Å². The summed E-state index contributed by atoms with van der Waals surface area (Å²) in [5.41, 5.74) is 6.72. The molecule has 1 aliphatic heterocycles. The number of morpholine rings is 1. The average Bonchev–Trinajstić information content (AvgIpc) is 3.09. The number of ether oxygens (including phenoxy) is 2. The van der Waals surface area contributed by atoms with Gasteiger partial charge in [-0.1, -0.05) is 13.8 Å². The van der Waals surface area contributed by atoms with Gasteiger partial charge in [0.1, 0.15) is 5.82 Å². The molecule has 4 aliphatic rings. The van der Waals surface area contributed by atoms with Crippen molar-refractivity contribution >= 4 is 5.82 Å². The van der Waals surface area contributed by atoms with Crippen LogP contribution in [0.5, 0.6) is 5.75 Å². The summed E-state index contributed by atoms with van der Waals surface area (Å²) in [5, 5.41) is 0. The van der Waals surface area contributed by atoms with Crippen LogP contribution in [-0.2, 0) is 16.7 Å². The highest BCUT2D eigenvalue weighted by atomic mass is 19.4. The number of nitrogen functional groups attached to an aromatic ring is 1. The number of nitrogens with zero attached hydrogens (tertiary/aromatic N) is 4. The molecule has 4 fully saturated rings. The molecule has 3 aliphatic carbocycles. The number of anilines is 1. The fourth-order valence-electron chi connectivity index (χ4n) is 5.56. The third-order valence-electron chi connectivity index (χ3n) is 7.30. The molecule has 7 nitrogen and oxygen atoms in total. The van der Waals surface area contributed by atoms with E-state index in [1.807, 2.05) is 6.20 Å². The van der Waals surface area contributed by atoms with Gasteiger partial charge in [-0.3, -0.25) is 4.90 Å². The molecule has 0 amide bonds. The number of aromatic nitrogens is 3. The summed E-state index contributed by atoms with van der Waals surface area (Å²) in [6.07, 6.45) is 1.67. The second kappa shape index (κ2) is 8.16. The number of hydrogen-bond acceptors (Lipinski definition) is 6. The van der Waals surface area contributed by atoms with Crippen molar-refractivity contribution < 1.29 is 22.6 Å². The molecule has 2 bridgehead atoms. The summed E-state index contributed by atoms with van der Waals surface area (Å²) in [6, 6.07) is 1.27. The quantitative estimate of drug-likeness (QED) is 0.672. The van der Waals surface area contributed by atoms with E-state index in [4.69, 9.17) is 15.5 Å². The van der Waals surface area contributed by atoms with Gasteiger partial charge in [0.05, 0.1) is 24.4 Å². The first-order chi connectivity index (χ1) is 15.6. The van der Waals surface area contributed by atoms with Crippen LogP contribution in [0.4, 0.5) is 19.0 Å². The van der Waals surface area contributed by atoms with Gasteiger partial charge >= 0.3 is 6.36 Å². The molecular formula is C23H30F3N5O2. The molecule has 2 aromatic heterocycles. The van der Waals surface area contributed by atoms with E-state index < -0.39 is 12.1 Å². The molecule has 180 valence electrons. The topological polar surface area (TPSA) is 78.4 Å². The fourth-order valence-corrected chi connectivity index (χ4v) is 5.56. The number of halogens is 3. The molecule has 1 atom stereocenters. The number of hydrogen-bond donors (Lipinski definition) is 1. The lowest BCUT2D eigenvalue weighted by Gasteiger charge is -2.70. The SMILES string of the molecule is CC(C)Cc1nc(-c2cnc(N)c(OC(F)(F)F)c2)cn1C12CC(C1)C2CN1CCOCC1. The number of pyridine rings is 1. The van der Waals surface area contributed by atoms with E-state index in [1.165, 1.54) is 12.3 Å². The van der Waals surface area contributed by atoms with Gasteiger partial charge in [0, 0.05) is 44.0 Å². The number of nitrogens with two attached hydrogens (primary N) is 1. The van der Waals surface area contributed by atoms with Crippen LogP contribution in [0, 0.1) is 17.8 Å². The van der Waals surface area contributed by atoms with Crippen molar-refractivity contribution in [2.24, 2.45) is 17.8 Å². The summed E-state index contributed by atoms with van der Waals surface area (Å²) in [7, 11) is 0. The summed E-state index contributed by atoms with van der Waals surface area (Å²) in [5.74, 6) is 1.87. The molecule has 0 aromatic carbocycles. The summed E-state index contributed by atoms with van der Waals surface area (Å²) in [6.45, 7) is 8.84. The molecular weight excluding hydrogens is 435 g/mol. The molecule has 10 heteroatoms. The van der Waals surface area contributed by atoms with Crippen molar-refractivity contribution in [3.05, 3.63) is 24.3 Å². The minimum absolute atomic E-state index is 0.0466. The highest BCUT2D eigenvalue weighted by molar-refractivity contribution is 5.64. The van der Waals surface area contributed by atoms with Crippen molar-refractivity contribution in [1.29, 1.82) is 0 Å². The van der Waals surface area contributed by atoms with Gasteiger partial charge in [0.25, 0.3) is 0 Å². The first-order valence-electron chi connectivity index (χ1n) is 11.5. The number of imidazole rings is 1. The lowest BCUT2D eigenvalue weighted by Crippen LogP contribution is -2.70. The van der Waals surface area contributed by atoms with E-state index in [0.717, 1.165) is 63.9 Å². The minimum Gasteiger partial charge on any atom is -0.402 e. The van der Waals surface area contributed by atoms with Gasteiger partial charge in [0.2, 0.25) is 0 Å². The predicted octanol–water partition coefficient (Wildman–Crippen LogP) is 3.69. The first-order valence-corrected chi connectivity index (χ1v) is 11.5. The molecule has 1 saturated heterocycles. The van der Waals surface area contributed by atoms with Crippen molar-refractivity contribution in [3.8, 4) is 17.0 Å². The Kier molecular flexibility index (Phi) is 5.55. The van der Waals surface area contributed by atoms with Crippen LogP contribution in [0.1, 0.15) is 32.5 Å². The first kappa shape index (κ1) is 22.5. The summed E-state index contributed by atoms with van der Waals surface area (Å²) in [4.78, 5) is 11.3.